The highest BCUT2D eigenvalue weighted by atomic mass is 19.2. The number of carbonyl (C=O) groups is 2. The van der Waals surface area contributed by atoms with Crippen LogP contribution in [-0.2, 0) is 14.3 Å². The Morgan fingerprint density at radius 2 is 1.68 bits per heavy atom. The highest BCUT2D eigenvalue weighted by molar-refractivity contribution is 5.96. The average Bonchev–Trinajstić information content (AvgIpc) is 3.32. The van der Waals surface area contributed by atoms with Crippen molar-refractivity contribution in [3.63, 3.8) is 0 Å². The van der Waals surface area contributed by atoms with Crippen LogP contribution in [0.25, 0.3) is 11.0 Å². The number of aromatic nitrogens is 2. The lowest BCUT2D eigenvalue weighted by molar-refractivity contribution is -0.121. The number of fused-ring (bicyclic) bond motifs is 1. The Hall–Kier alpha value is -4.11. The largest absolute Gasteiger partial charge is 0.462 e. The van der Waals surface area contributed by atoms with Gasteiger partial charge < -0.3 is 19.4 Å². The smallest absolute Gasteiger partial charge is 0.338 e. The molecule has 1 fully saturated rings. The van der Waals surface area contributed by atoms with Gasteiger partial charge in [-0.05, 0) is 55.5 Å². The number of imidazole rings is 1. The molecule has 0 spiro atoms. The number of amides is 1. The number of nitrogens with one attached hydrogen (secondary N) is 1. The van der Waals surface area contributed by atoms with Gasteiger partial charge in [-0.2, -0.15) is 0 Å². The molecule has 1 amide bonds. The number of nitrogens with zero attached hydrogens (tertiary/aromatic N) is 2. The van der Waals surface area contributed by atoms with Crippen molar-refractivity contribution < 1.29 is 27.8 Å². The predicted octanol–water partition coefficient (Wildman–Crippen LogP) is 6.99. The number of rotatable bonds is 9. The Balaban J connectivity index is 1.61. The van der Waals surface area contributed by atoms with E-state index >= 15 is 0 Å². The van der Waals surface area contributed by atoms with E-state index in [2.05, 4.69) is 5.32 Å². The van der Waals surface area contributed by atoms with Crippen molar-refractivity contribution in [1.82, 2.24) is 9.55 Å². The van der Waals surface area contributed by atoms with Crippen LogP contribution in [-0.4, -0.2) is 35.1 Å². The van der Waals surface area contributed by atoms with E-state index in [0.29, 0.717) is 22.6 Å². The summed E-state index contributed by atoms with van der Waals surface area (Å²) in [6.45, 7) is 2.00. The van der Waals surface area contributed by atoms with Gasteiger partial charge in [0.05, 0.1) is 23.2 Å². The van der Waals surface area contributed by atoms with Crippen LogP contribution in [0, 0.1) is 17.6 Å². The number of methoxy groups -OCH3 is 1. The SMILES string of the molecule is CCOC(=O)c1ccc(NC(=O)C(C2CCCCC2)n2c([C@@H](OC)c3ccccc3)nc3cc(F)c(F)cc32)cc1. The Morgan fingerprint density at radius 3 is 2.34 bits per heavy atom. The summed E-state index contributed by atoms with van der Waals surface area (Å²) in [6, 6.07) is 17.3. The van der Waals surface area contributed by atoms with E-state index in [-0.39, 0.29) is 23.9 Å². The second kappa shape index (κ2) is 12.6. The number of carbonyl (C=O) groups excluding carboxylic acids is 2. The van der Waals surface area contributed by atoms with E-state index in [9.17, 15) is 18.4 Å². The molecule has 1 aliphatic rings. The minimum absolute atomic E-state index is 0.0694. The third-order valence-electron chi connectivity index (χ3n) is 7.64. The zero-order valence-electron chi connectivity index (χ0n) is 23.1. The first-order valence-corrected chi connectivity index (χ1v) is 13.9. The molecule has 5 rings (SSSR count). The molecule has 7 nitrogen and oxygen atoms in total. The fourth-order valence-corrected chi connectivity index (χ4v) is 5.72. The lowest BCUT2D eigenvalue weighted by Crippen LogP contribution is -2.35. The molecule has 1 heterocycles. The van der Waals surface area contributed by atoms with Crippen LogP contribution in [0.15, 0.2) is 66.7 Å². The first-order valence-electron chi connectivity index (χ1n) is 13.9. The molecule has 0 saturated heterocycles. The van der Waals surface area contributed by atoms with Gasteiger partial charge in [0.15, 0.2) is 11.6 Å². The van der Waals surface area contributed by atoms with Crippen molar-refractivity contribution in [3.05, 3.63) is 95.3 Å². The third kappa shape index (κ3) is 6.00. The lowest BCUT2D eigenvalue weighted by Gasteiger charge is -2.33. The van der Waals surface area contributed by atoms with E-state index < -0.39 is 29.7 Å². The van der Waals surface area contributed by atoms with Crippen LogP contribution >= 0.6 is 0 Å². The Bertz CT molecular complexity index is 1520. The fourth-order valence-electron chi connectivity index (χ4n) is 5.72. The van der Waals surface area contributed by atoms with Crippen LogP contribution in [0.3, 0.4) is 0 Å². The fraction of sp³-hybridized carbons (Fsp3) is 0.344. The summed E-state index contributed by atoms with van der Waals surface area (Å²) in [4.78, 5) is 31.0. The van der Waals surface area contributed by atoms with Crippen LogP contribution in [0.1, 0.15) is 72.9 Å². The van der Waals surface area contributed by atoms with Crippen LogP contribution < -0.4 is 5.32 Å². The molecular formula is C32H33F2N3O4. The van der Waals surface area contributed by atoms with Crippen LogP contribution in [0.4, 0.5) is 14.5 Å². The molecule has 1 aromatic heterocycles. The van der Waals surface area contributed by atoms with Gasteiger partial charge in [-0.1, -0.05) is 49.6 Å². The van der Waals surface area contributed by atoms with Gasteiger partial charge in [0.2, 0.25) is 5.91 Å². The monoisotopic (exact) mass is 561 g/mol. The van der Waals surface area contributed by atoms with Crippen molar-refractivity contribution in [2.24, 2.45) is 5.92 Å². The number of esters is 1. The molecule has 9 heteroatoms. The number of halogens is 2. The molecule has 1 N–H and O–H groups in total. The van der Waals surface area contributed by atoms with E-state index in [0.717, 1.165) is 49.8 Å². The molecular weight excluding hydrogens is 528 g/mol. The molecule has 1 saturated carbocycles. The normalized spacial score (nSPS) is 15.4. The molecule has 3 aromatic carbocycles. The Labute approximate surface area is 237 Å². The number of ether oxygens (including phenoxy) is 2. The minimum atomic E-state index is -1.02. The van der Waals surface area contributed by atoms with E-state index in [1.54, 1.807) is 42.9 Å². The van der Waals surface area contributed by atoms with Crippen molar-refractivity contribution in [1.29, 1.82) is 0 Å². The first kappa shape index (κ1) is 28.4. The van der Waals surface area contributed by atoms with Crippen molar-refractivity contribution in [2.45, 2.75) is 51.2 Å². The lowest BCUT2D eigenvalue weighted by atomic mass is 9.83. The highest BCUT2D eigenvalue weighted by Gasteiger charge is 2.36. The Morgan fingerprint density at radius 1 is 1.00 bits per heavy atom. The second-order valence-corrected chi connectivity index (χ2v) is 10.3. The van der Waals surface area contributed by atoms with E-state index in [1.807, 2.05) is 30.3 Å². The zero-order valence-corrected chi connectivity index (χ0v) is 23.1. The maximum absolute atomic E-state index is 14.7. The summed E-state index contributed by atoms with van der Waals surface area (Å²) in [5.41, 5.74) is 2.23. The number of hydrogen-bond donors (Lipinski definition) is 1. The van der Waals surface area contributed by atoms with E-state index in [4.69, 9.17) is 14.5 Å². The molecule has 1 aliphatic carbocycles. The van der Waals surface area contributed by atoms with Crippen LogP contribution in [0.2, 0.25) is 0 Å². The van der Waals surface area contributed by atoms with Gasteiger partial charge in [-0.3, -0.25) is 4.79 Å². The summed E-state index contributed by atoms with van der Waals surface area (Å²) in [5.74, 6) is -2.46. The average molecular weight is 562 g/mol. The molecule has 4 aromatic rings. The minimum Gasteiger partial charge on any atom is -0.462 e. The molecule has 0 radical (unpaired) electrons. The number of anilines is 1. The number of benzene rings is 3. The zero-order chi connectivity index (χ0) is 28.9. The van der Waals surface area contributed by atoms with Gasteiger partial charge in [0.25, 0.3) is 0 Å². The summed E-state index contributed by atoms with van der Waals surface area (Å²) >= 11 is 0. The topological polar surface area (TPSA) is 82.5 Å². The first-order chi connectivity index (χ1) is 19.9. The van der Waals surface area contributed by atoms with Gasteiger partial charge in [-0.15, -0.1) is 0 Å². The van der Waals surface area contributed by atoms with Gasteiger partial charge >= 0.3 is 5.97 Å². The molecule has 1 unspecified atom stereocenters. The third-order valence-corrected chi connectivity index (χ3v) is 7.64. The summed E-state index contributed by atoms with van der Waals surface area (Å²) in [7, 11) is 1.54. The van der Waals surface area contributed by atoms with Gasteiger partial charge in [0, 0.05) is 24.9 Å². The molecule has 0 aliphatic heterocycles. The second-order valence-electron chi connectivity index (χ2n) is 10.3. The highest BCUT2D eigenvalue weighted by Crippen LogP contribution is 2.39. The summed E-state index contributed by atoms with van der Waals surface area (Å²) in [6.07, 6.45) is 3.90. The van der Waals surface area contributed by atoms with Crippen molar-refractivity contribution >= 4 is 28.6 Å². The Kier molecular flexibility index (Phi) is 8.73. The van der Waals surface area contributed by atoms with Gasteiger partial charge in [-0.25, -0.2) is 18.6 Å². The molecule has 2 atom stereocenters. The van der Waals surface area contributed by atoms with Crippen molar-refractivity contribution in [3.8, 4) is 0 Å². The van der Waals surface area contributed by atoms with Crippen molar-refractivity contribution in [2.75, 3.05) is 19.0 Å². The maximum atomic E-state index is 14.7. The standard InChI is InChI=1S/C32H33F2N3O4/c1-3-41-32(39)22-14-16-23(17-15-22)35-31(38)28(20-10-6-4-7-11-20)37-27-19-25(34)24(33)18-26(27)36-30(37)29(40-2)21-12-8-5-9-13-21/h5,8-9,12-20,28-29H,3-4,6-7,10-11H2,1-2H3,(H,35,38)/t28?,29-/m0/s1. The maximum Gasteiger partial charge on any atom is 0.338 e. The van der Waals surface area contributed by atoms with Crippen LogP contribution in [0.5, 0.6) is 0 Å². The molecule has 41 heavy (non-hydrogen) atoms. The molecule has 0 bridgehead atoms. The quantitative estimate of drug-likeness (QED) is 0.223. The molecule has 214 valence electrons. The summed E-state index contributed by atoms with van der Waals surface area (Å²) in [5, 5.41) is 2.99. The predicted molar refractivity (Wildman–Crippen MR) is 152 cm³/mol. The van der Waals surface area contributed by atoms with Gasteiger partial charge in [0.1, 0.15) is 18.0 Å². The van der Waals surface area contributed by atoms with E-state index in [1.165, 1.54) is 0 Å². The summed E-state index contributed by atoms with van der Waals surface area (Å²) < 4.78 is 41.7. The number of hydrogen-bond acceptors (Lipinski definition) is 5.